The SMILES string of the molecule is CCC(Cc1ccccc1)Nc1ccc(C)c(O)c1C. The molecule has 0 bridgehead atoms. The second kappa shape index (κ2) is 6.47. The summed E-state index contributed by atoms with van der Waals surface area (Å²) in [5, 5.41) is 13.6. The Kier molecular flexibility index (Phi) is 4.67. The minimum atomic E-state index is 0.373. The first-order valence-corrected chi connectivity index (χ1v) is 7.21. The summed E-state index contributed by atoms with van der Waals surface area (Å²) in [4.78, 5) is 0. The van der Waals surface area contributed by atoms with E-state index in [-0.39, 0.29) is 0 Å². The van der Waals surface area contributed by atoms with Crippen molar-refractivity contribution in [2.45, 2.75) is 39.7 Å². The predicted molar refractivity (Wildman–Crippen MR) is 85.4 cm³/mol. The fourth-order valence-corrected chi connectivity index (χ4v) is 2.41. The van der Waals surface area contributed by atoms with E-state index in [1.807, 2.05) is 26.0 Å². The Bertz CT molecular complexity index is 563. The second-order valence-electron chi connectivity index (χ2n) is 5.34. The van der Waals surface area contributed by atoms with Crippen LogP contribution in [0, 0.1) is 13.8 Å². The smallest absolute Gasteiger partial charge is 0.123 e. The van der Waals surface area contributed by atoms with E-state index < -0.39 is 0 Å². The first-order chi connectivity index (χ1) is 9.61. The van der Waals surface area contributed by atoms with Crippen molar-refractivity contribution in [2.24, 2.45) is 0 Å². The lowest BCUT2D eigenvalue weighted by Crippen LogP contribution is -2.21. The van der Waals surface area contributed by atoms with E-state index >= 15 is 0 Å². The van der Waals surface area contributed by atoms with Crippen molar-refractivity contribution in [1.29, 1.82) is 0 Å². The minimum Gasteiger partial charge on any atom is -0.507 e. The van der Waals surface area contributed by atoms with Crippen LogP contribution in [0.25, 0.3) is 0 Å². The lowest BCUT2D eigenvalue weighted by Gasteiger charge is -2.21. The van der Waals surface area contributed by atoms with Crippen LogP contribution in [0.2, 0.25) is 0 Å². The Hall–Kier alpha value is -1.96. The molecule has 106 valence electrons. The summed E-state index contributed by atoms with van der Waals surface area (Å²) in [7, 11) is 0. The van der Waals surface area contributed by atoms with E-state index in [1.165, 1.54) is 5.56 Å². The number of phenolic OH excluding ortho intramolecular Hbond substituents is 1. The fourth-order valence-electron chi connectivity index (χ4n) is 2.41. The zero-order valence-corrected chi connectivity index (χ0v) is 12.5. The van der Waals surface area contributed by atoms with Gasteiger partial charge in [0.25, 0.3) is 0 Å². The van der Waals surface area contributed by atoms with Crippen LogP contribution in [0.4, 0.5) is 5.69 Å². The van der Waals surface area contributed by atoms with Gasteiger partial charge in [-0.05, 0) is 43.9 Å². The molecular formula is C18H23NO. The number of benzene rings is 2. The van der Waals surface area contributed by atoms with Crippen LogP contribution < -0.4 is 5.32 Å². The van der Waals surface area contributed by atoms with Crippen molar-refractivity contribution < 1.29 is 5.11 Å². The summed E-state index contributed by atoms with van der Waals surface area (Å²) in [5.74, 6) is 0.393. The lowest BCUT2D eigenvalue weighted by molar-refractivity contribution is 0.467. The quantitative estimate of drug-likeness (QED) is 0.841. The maximum atomic E-state index is 10.0. The van der Waals surface area contributed by atoms with Crippen LogP contribution in [0.1, 0.15) is 30.0 Å². The third kappa shape index (κ3) is 3.32. The fraction of sp³-hybridized carbons (Fsp3) is 0.333. The lowest BCUT2D eigenvalue weighted by atomic mass is 10.0. The number of aromatic hydroxyl groups is 1. The molecule has 2 aromatic rings. The molecule has 0 radical (unpaired) electrons. The minimum absolute atomic E-state index is 0.373. The largest absolute Gasteiger partial charge is 0.507 e. The Morgan fingerprint density at radius 2 is 1.75 bits per heavy atom. The topological polar surface area (TPSA) is 32.3 Å². The van der Waals surface area contributed by atoms with E-state index in [9.17, 15) is 5.11 Å². The van der Waals surface area contributed by atoms with Crippen LogP contribution in [0.5, 0.6) is 5.75 Å². The van der Waals surface area contributed by atoms with Gasteiger partial charge < -0.3 is 10.4 Å². The Morgan fingerprint density at radius 3 is 2.40 bits per heavy atom. The zero-order valence-electron chi connectivity index (χ0n) is 12.5. The third-order valence-electron chi connectivity index (χ3n) is 3.81. The number of aryl methyl sites for hydroxylation is 1. The maximum Gasteiger partial charge on any atom is 0.123 e. The third-order valence-corrected chi connectivity index (χ3v) is 3.81. The first kappa shape index (κ1) is 14.4. The summed E-state index contributed by atoms with van der Waals surface area (Å²) in [5.41, 5.74) is 4.21. The molecule has 0 fully saturated rings. The molecule has 2 aromatic carbocycles. The highest BCUT2D eigenvalue weighted by Gasteiger charge is 2.11. The standard InChI is InChI=1S/C18H23NO/c1-4-16(12-15-8-6-5-7-9-15)19-17-11-10-13(2)18(20)14(17)3/h5-11,16,19-20H,4,12H2,1-3H3. The van der Waals surface area contributed by atoms with E-state index in [0.717, 1.165) is 29.7 Å². The van der Waals surface area contributed by atoms with Crippen LogP contribution in [0.15, 0.2) is 42.5 Å². The molecule has 0 amide bonds. The summed E-state index contributed by atoms with van der Waals surface area (Å²) < 4.78 is 0. The van der Waals surface area contributed by atoms with Gasteiger partial charge in [-0.3, -0.25) is 0 Å². The Balaban J connectivity index is 2.13. The summed E-state index contributed by atoms with van der Waals surface area (Å²) in [6.07, 6.45) is 2.04. The van der Waals surface area contributed by atoms with Crippen LogP contribution in [0.3, 0.4) is 0 Å². The number of rotatable bonds is 5. The van der Waals surface area contributed by atoms with Crippen molar-refractivity contribution >= 4 is 5.69 Å². The molecule has 1 atom stereocenters. The molecule has 0 heterocycles. The van der Waals surface area contributed by atoms with Gasteiger partial charge in [0.05, 0.1) is 0 Å². The number of hydrogen-bond acceptors (Lipinski definition) is 2. The maximum absolute atomic E-state index is 10.0. The zero-order chi connectivity index (χ0) is 14.5. The van der Waals surface area contributed by atoms with Gasteiger partial charge in [-0.25, -0.2) is 0 Å². The molecule has 0 aliphatic rings. The average molecular weight is 269 g/mol. The molecule has 0 saturated heterocycles. The van der Waals surface area contributed by atoms with Crippen molar-refractivity contribution in [2.75, 3.05) is 5.32 Å². The van der Waals surface area contributed by atoms with Gasteiger partial charge in [0.15, 0.2) is 0 Å². The van der Waals surface area contributed by atoms with Gasteiger partial charge >= 0.3 is 0 Å². The van der Waals surface area contributed by atoms with Gasteiger partial charge in [-0.1, -0.05) is 43.3 Å². The molecule has 2 nitrogen and oxygen atoms in total. The molecule has 20 heavy (non-hydrogen) atoms. The molecule has 2 rings (SSSR count). The number of anilines is 1. The second-order valence-corrected chi connectivity index (χ2v) is 5.34. The van der Waals surface area contributed by atoms with E-state index in [0.29, 0.717) is 11.8 Å². The van der Waals surface area contributed by atoms with Crippen LogP contribution in [-0.2, 0) is 6.42 Å². The average Bonchev–Trinajstić information content (AvgIpc) is 2.48. The number of phenols is 1. The number of nitrogens with one attached hydrogen (secondary N) is 1. The van der Waals surface area contributed by atoms with Crippen molar-refractivity contribution in [3.8, 4) is 5.75 Å². The van der Waals surface area contributed by atoms with Gasteiger partial charge in [0, 0.05) is 17.3 Å². The van der Waals surface area contributed by atoms with Crippen molar-refractivity contribution in [3.63, 3.8) is 0 Å². The van der Waals surface area contributed by atoms with E-state index in [1.54, 1.807) is 0 Å². The molecule has 2 N–H and O–H groups in total. The monoisotopic (exact) mass is 269 g/mol. The summed E-state index contributed by atoms with van der Waals surface area (Å²) >= 11 is 0. The molecular weight excluding hydrogens is 246 g/mol. The number of hydrogen-bond donors (Lipinski definition) is 2. The molecule has 0 aliphatic heterocycles. The van der Waals surface area contributed by atoms with Gasteiger partial charge in [0.1, 0.15) is 5.75 Å². The van der Waals surface area contributed by atoms with Gasteiger partial charge in [0.2, 0.25) is 0 Å². The van der Waals surface area contributed by atoms with E-state index in [2.05, 4.69) is 42.6 Å². The molecule has 0 aliphatic carbocycles. The molecule has 0 spiro atoms. The summed E-state index contributed by atoms with van der Waals surface area (Å²) in [6, 6.07) is 14.9. The van der Waals surface area contributed by atoms with Gasteiger partial charge in [-0.2, -0.15) is 0 Å². The molecule has 2 heteroatoms. The molecule has 0 saturated carbocycles. The predicted octanol–water partition coefficient (Wildman–Crippen LogP) is 4.44. The Morgan fingerprint density at radius 1 is 1.05 bits per heavy atom. The molecule has 1 unspecified atom stereocenters. The van der Waals surface area contributed by atoms with Crippen LogP contribution in [-0.4, -0.2) is 11.1 Å². The van der Waals surface area contributed by atoms with Crippen LogP contribution >= 0.6 is 0 Å². The van der Waals surface area contributed by atoms with Crippen molar-refractivity contribution in [3.05, 3.63) is 59.2 Å². The normalized spacial score (nSPS) is 12.2. The summed E-state index contributed by atoms with van der Waals surface area (Å²) in [6.45, 7) is 6.07. The van der Waals surface area contributed by atoms with Gasteiger partial charge in [-0.15, -0.1) is 0 Å². The highest BCUT2D eigenvalue weighted by Crippen LogP contribution is 2.29. The molecule has 0 aromatic heterocycles. The first-order valence-electron chi connectivity index (χ1n) is 7.21. The highest BCUT2D eigenvalue weighted by atomic mass is 16.3. The Labute approximate surface area is 121 Å². The van der Waals surface area contributed by atoms with E-state index in [4.69, 9.17) is 0 Å². The van der Waals surface area contributed by atoms with Crippen molar-refractivity contribution in [1.82, 2.24) is 0 Å². The highest BCUT2D eigenvalue weighted by molar-refractivity contribution is 5.59.